The number of hydrogen-bond acceptors (Lipinski definition) is 6. The fourth-order valence-electron chi connectivity index (χ4n) is 2.08. The Morgan fingerprint density at radius 1 is 1.45 bits per heavy atom. The first-order chi connectivity index (χ1) is 10.6. The van der Waals surface area contributed by atoms with Crippen LogP contribution in [0.15, 0.2) is 41.9 Å². The largest absolute Gasteiger partial charge is 0.489 e. The highest BCUT2D eigenvalue weighted by Crippen LogP contribution is 2.28. The molecule has 1 aromatic carbocycles. The Bertz CT molecular complexity index is 784. The van der Waals surface area contributed by atoms with Gasteiger partial charge in [-0.2, -0.15) is 9.38 Å². The van der Waals surface area contributed by atoms with Gasteiger partial charge in [0, 0.05) is 5.38 Å². The van der Waals surface area contributed by atoms with Gasteiger partial charge in [0.15, 0.2) is 0 Å². The number of anilines is 1. The third-order valence-corrected chi connectivity index (χ3v) is 3.80. The summed E-state index contributed by atoms with van der Waals surface area (Å²) in [5, 5.41) is 16.0. The van der Waals surface area contributed by atoms with E-state index in [1.807, 2.05) is 37.3 Å². The molecular formula is C14H14N4O3S. The molecule has 0 aliphatic carbocycles. The molecule has 114 valence electrons. The van der Waals surface area contributed by atoms with Gasteiger partial charge in [-0.25, -0.2) is 0 Å². The van der Waals surface area contributed by atoms with Crippen LogP contribution in [0.25, 0.3) is 4.96 Å². The van der Waals surface area contributed by atoms with Crippen molar-refractivity contribution in [1.29, 1.82) is 0 Å². The molecule has 0 fully saturated rings. The van der Waals surface area contributed by atoms with Gasteiger partial charge in [0.1, 0.15) is 18.1 Å². The fourth-order valence-corrected chi connectivity index (χ4v) is 2.79. The Morgan fingerprint density at radius 2 is 2.23 bits per heavy atom. The number of nitro groups is 1. The van der Waals surface area contributed by atoms with E-state index >= 15 is 0 Å². The second-order valence-corrected chi connectivity index (χ2v) is 5.59. The lowest BCUT2D eigenvalue weighted by atomic mass is 10.3. The van der Waals surface area contributed by atoms with Gasteiger partial charge in [-0.3, -0.25) is 0 Å². The van der Waals surface area contributed by atoms with Crippen LogP contribution in [-0.2, 0) is 0 Å². The van der Waals surface area contributed by atoms with Crippen LogP contribution in [0.3, 0.4) is 0 Å². The third-order valence-electron chi connectivity index (χ3n) is 3.05. The number of ether oxygens (including phenoxy) is 1. The molecule has 1 N–H and O–H groups in total. The molecular weight excluding hydrogens is 304 g/mol. The fraction of sp³-hybridized carbons (Fsp3) is 0.214. The first kappa shape index (κ1) is 14.3. The van der Waals surface area contributed by atoms with E-state index < -0.39 is 4.92 Å². The summed E-state index contributed by atoms with van der Waals surface area (Å²) in [7, 11) is 0. The van der Waals surface area contributed by atoms with Crippen molar-refractivity contribution in [1.82, 2.24) is 9.38 Å². The SMILES string of the molecule is CC(CNc1nc2sccn2c1[N+](=O)[O-])Oc1ccccc1. The standard InChI is InChI=1S/C14H14N4O3S/c1-10(21-11-5-3-2-4-6-11)9-15-12-13(18(19)20)17-7-8-22-14(17)16-12/h2-8,10,15H,9H2,1H3. The summed E-state index contributed by atoms with van der Waals surface area (Å²) in [5.74, 6) is 0.973. The topological polar surface area (TPSA) is 81.7 Å². The van der Waals surface area contributed by atoms with E-state index in [9.17, 15) is 10.1 Å². The van der Waals surface area contributed by atoms with Gasteiger partial charge < -0.3 is 20.2 Å². The molecule has 3 rings (SSSR count). The predicted octanol–water partition coefficient (Wildman–Crippen LogP) is 3.18. The van der Waals surface area contributed by atoms with E-state index in [1.165, 1.54) is 15.7 Å². The minimum atomic E-state index is -0.433. The molecule has 0 aliphatic rings. The number of imidazole rings is 1. The molecule has 1 unspecified atom stereocenters. The van der Waals surface area contributed by atoms with E-state index in [0.717, 1.165) is 5.75 Å². The van der Waals surface area contributed by atoms with Crippen LogP contribution in [0, 0.1) is 10.1 Å². The number of fused-ring (bicyclic) bond motifs is 1. The summed E-state index contributed by atoms with van der Waals surface area (Å²) in [6.45, 7) is 2.31. The van der Waals surface area contributed by atoms with Crippen molar-refractivity contribution in [3.05, 3.63) is 52.0 Å². The molecule has 2 aromatic heterocycles. The van der Waals surface area contributed by atoms with Gasteiger partial charge in [-0.15, -0.1) is 0 Å². The number of rotatable bonds is 6. The zero-order valence-electron chi connectivity index (χ0n) is 11.8. The molecule has 0 aliphatic heterocycles. The molecule has 0 amide bonds. The number of para-hydroxylation sites is 1. The average molecular weight is 318 g/mol. The quantitative estimate of drug-likeness (QED) is 0.557. The normalized spacial score (nSPS) is 12.2. The highest BCUT2D eigenvalue weighted by molar-refractivity contribution is 7.15. The van der Waals surface area contributed by atoms with Crippen molar-refractivity contribution in [2.45, 2.75) is 13.0 Å². The van der Waals surface area contributed by atoms with Gasteiger partial charge in [0.25, 0.3) is 4.96 Å². The smallest absolute Gasteiger partial charge is 0.372 e. The van der Waals surface area contributed by atoms with Crippen molar-refractivity contribution in [3.8, 4) is 5.75 Å². The highest BCUT2D eigenvalue weighted by atomic mass is 32.1. The molecule has 0 spiro atoms. The Labute approximate surface area is 130 Å². The van der Waals surface area contributed by atoms with E-state index in [1.54, 1.807) is 11.6 Å². The Hall–Kier alpha value is -2.61. The Balaban J connectivity index is 1.69. The summed E-state index contributed by atoms with van der Waals surface area (Å²) in [6, 6.07) is 9.43. The number of nitrogens with zero attached hydrogens (tertiary/aromatic N) is 3. The average Bonchev–Trinajstić information content (AvgIpc) is 3.05. The number of nitrogens with one attached hydrogen (secondary N) is 1. The first-order valence-corrected chi connectivity index (χ1v) is 7.58. The lowest BCUT2D eigenvalue weighted by molar-refractivity contribution is -0.389. The van der Waals surface area contributed by atoms with Gasteiger partial charge in [0.2, 0.25) is 5.82 Å². The molecule has 0 radical (unpaired) electrons. The van der Waals surface area contributed by atoms with Crippen LogP contribution >= 0.6 is 11.3 Å². The highest BCUT2D eigenvalue weighted by Gasteiger charge is 2.23. The van der Waals surface area contributed by atoms with Crippen LogP contribution in [-0.4, -0.2) is 27.0 Å². The lowest BCUT2D eigenvalue weighted by Crippen LogP contribution is -2.23. The maximum absolute atomic E-state index is 11.2. The van der Waals surface area contributed by atoms with Crippen LogP contribution in [0.2, 0.25) is 0 Å². The van der Waals surface area contributed by atoms with Gasteiger partial charge in [-0.1, -0.05) is 29.5 Å². The summed E-state index contributed by atoms with van der Waals surface area (Å²) in [5.41, 5.74) is 0. The van der Waals surface area contributed by atoms with Crippen molar-refractivity contribution in [3.63, 3.8) is 0 Å². The zero-order chi connectivity index (χ0) is 15.5. The van der Waals surface area contributed by atoms with Gasteiger partial charge >= 0.3 is 5.82 Å². The summed E-state index contributed by atoms with van der Waals surface area (Å²) in [6.07, 6.45) is 1.49. The lowest BCUT2D eigenvalue weighted by Gasteiger charge is -2.14. The minimum Gasteiger partial charge on any atom is -0.489 e. The van der Waals surface area contributed by atoms with Gasteiger partial charge in [0.05, 0.1) is 6.54 Å². The number of hydrogen-bond donors (Lipinski definition) is 1. The summed E-state index contributed by atoms with van der Waals surface area (Å²) < 4.78 is 7.20. The summed E-state index contributed by atoms with van der Waals surface area (Å²) in [4.78, 5) is 15.6. The molecule has 2 heterocycles. The number of aromatic nitrogens is 2. The van der Waals surface area contributed by atoms with Crippen molar-refractivity contribution in [2.24, 2.45) is 0 Å². The molecule has 1 atom stereocenters. The first-order valence-electron chi connectivity index (χ1n) is 6.70. The van der Waals surface area contributed by atoms with Gasteiger partial charge in [-0.05, 0) is 24.0 Å². The molecule has 8 heteroatoms. The molecule has 0 saturated carbocycles. The molecule has 3 aromatic rings. The van der Waals surface area contributed by atoms with Crippen LogP contribution in [0.1, 0.15) is 6.92 Å². The molecule has 22 heavy (non-hydrogen) atoms. The van der Waals surface area contributed by atoms with Crippen LogP contribution in [0.4, 0.5) is 11.6 Å². The van der Waals surface area contributed by atoms with Crippen LogP contribution in [0.5, 0.6) is 5.75 Å². The molecule has 0 saturated heterocycles. The van der Waals surface area contributed by atoms with E-state index in [4.69, 9.17) is 4.74 Å². The number of thiazole rings is 1. The third kappa shape index (κ3) is 2.86. The zero-order valence-corrected chi connectivity index (χ0v) is 12.6. The summed E-state index contributed by atoms with van der Waals surface area (Å²) >= 11 is 1.35. The van der Waals surface area contributed by atoms with Crippen molar-refractivity contribution in [2.75, 3.05) is 11.9 Å². The maximum atomic E-state index is 11.2. The second kappa shape index (κ2) is 6.02. The monoisotopic (exact) mass is 318 g/mol. The minimum absolute atomic E-state index is 0.0526. The van der Waals surface area contributed by atoms with Crippen molar-refractivity contribution >= 4 is 27.9 Å². The Kier molecular flexibility index (Phi) is 3.92. The van der Waals surface area contributed by atoms with E-state index in [-0.39, 0.29) is 17.7 Å². The Morgan fingerprint density at radius 3 is 2.95 bits per heavy atom. The second-order valence-electron chi connectivity index (χ2n) is 4.72. The predicted molar refractivity (Wildman–Crippen MR) is 84.7 cm³/mol. The number of benzene rings is 1. The van der Waals surface area contributed by atoms with Crippen LogP contribution < -0.4 is 10.1 Å². The van der Waals surface area contributed by atoms with Crippen molar-refractivity contribution < 1.29 is 9.66 Å². The van der Waals surface area contributed by atoms with E-state index in [0.29, 0.717) is 11.5 Å². The maximum Gasteiger partial charge on any atom is 0.372 e. The molecule has 7 nitrogen and oxygen atoms in total. The van der Waals surface area contributed by atoms with E-state index in [2.05, 4.69) is 10.3 Å². The molecule has 0 bridgehead atoms.